The molecule has 2 aliphatic rings. The number of ketones is 1. The Morgan fingerprint density at radius 2 is 1.17 bits per heavy atom. The molecule has 0 bridgehead atoms. The predicted molar refractivity (Wildman–Crippen MR) is 468 cm³/mol. The summed E-state index contributed by atoms with van der Waals surface area (Å²) in [4.78, 5) is 262. The molecule has 126 heavy (non-hydrogen) atoms. The molecule has 2 saturated heterocycles. The number of aromatic amines is 2. The number of primary amides is 2. The van der Waals surface area contributed by atoms with Gasteiger partial charge >= 0.3 is 0 Å². The van der Waals surface area contributed by atoms with Crippen LogP contribution in [0.2, 0.25) is 0 Å². The van der Waals surface area contributed by atoms with Crippen LogP contribution >= 0.6 is 11.8 Å². The summed E-state index contributed by atoms with van der Waals surface area (Å²) in [7, 11) is 5.31. The van der Waals surface area contributed by atoms with Gasteiger partial charge in [0.1, 0.15) is 72.5 Å². The van der Waals surface area contributed by atoms with E-state index >= 15 is 14.4 Å². The molecule has 41 heteroatoms. The summed E-state index contributed by atoms with van der Waals surface area (Å²) in [5, 5.41) is 45.9. The highest BCUT2D eigenvalue weighted by atomic mass is 32.2. The van der Waals surface area contributed by atoms with Crippen LogP contribution < -0.4 is 70.4 Å². The Kier molecular flexibility index (Phi) is 41.4. The number of guanidine groups is 1. The molecule has 20 N–H and O–H groups in total. The first-order chi connectivity index (χ1) is 59.8. The molecule has 13 atom stereocenters. The van der Waals surface area contributed by atoms with Gasteiger partial charge in [-0.15, -0.1) is 11.8 Å². The fourth-order valence-electron chi connectivity index (χ4n) is 15.0. The van der Waals surface area contributed by atoms with Gasteiger partial charge < -0.3 is 110 Å². The average Bonchev–Trinajstić information content (AvgIpc) is 1.39. The van der Waals surface area contributed by atoms with Crippen LogP contribution in [0.1, 0.15) is 155 Å². The van der Waals surface area contributed by atoms with E-state index < -0.39 is 229 Å². The fraction of sp³-hybridized carbons (Fsp3) is 0.588. The van der Waals surface area contributed by atoms with Crippen LogP contribution in [0.4, 0.5) is 0 Å². The van der Waals surface area contributed by atoms with Crippen molar-refractivity contribution in [2.24, 2.45) is 35.0 Å². The van der Waals surface area contributed by atoms with E-state index in [2.05, 4.69) is 68.1 Å². The van der Waals surface area contributed by atoms with Gasteiger partial charge in [-0.2, -0.15) is 0 Å². The molecule has 2 aromatic carbocycles. The van der Waals surface area contributed by atoms with Gasteiger partial charge in [-0.3, -0.25) is 86.9 Å². The third-order valence-electron chi connectivity index (χ3n) is 22.0. The van der Waals surface area contributed by atoms with E-state index in [-0.39, 0.29) is 95.6 Å². The second-order valence-electron chi connectivity index (χ2n) is 33.0. The van der Waals surface area contributed by atoms with Crippen molar-refractivity contribution in [2.45, 2.75) is 230 Å². The standard InChI is InChI=1S/C85H128N22O18S/c1-12-14-28-66-78(119)96-58(27-21-31-91-85(88)89)75(116)102-65(74(115)93-42-70(87)111)45-126-46-71(112)95-62(35-51-23-17-16-18-24-51)81(122)104(9)50(7)72(113)98-63(39-69(86)110)83(124)107-32-22-30-67(107)79(120)97-59(38-54-41-90-47-94-54)76(117)99-60(33-48(3)4)80(121)103(8)43-55(109)37-52(36-53-40-92-57-26-20-19-25-56(53)57)73(114)101-64(44-108)77(118)100-61(34-49(5)6)82(123)106(11)68(29-15-13-2)84(125)105(66)10/h16-20,23-26,40-41,47-50,52,58-68,92,108H,12-15,21-22,27-39,42-46H2,1-11H3,(H2,86,110)(H2,87,111)(H,90,94)(H,93,115)(H,95,112)(H,96,119)(H,97,120)(H,98,113)(H,99,117)(H,100,118)(H,101,114)(H,102,116)(H4,88,89,91)/t50-,52+,58-,59-,60-,61-,62-,63-,64-,65-,66-,67-,68-/m0/s1. The Hall–Kier alpha value is -12.0. The summed E-state index contributed by atoms with van der Waals surface area (Å²) >= 11 is 0.800. The second kappa shape index (κ2) is 50.8. The van der Waals surface area contributed by atoms with Crippen LogP contribution in [-0.2, 0) is 101 Å². The minimum Gasteiger partial charge on any atom is -0.394 e. The van der Waals surface area contributed by atoms with Crippen molar-refractivity contribution in [1.29, 1.82) is 5.41 Å². The number of para-hydroxylation sites is 1. The molecule has 4 aromatic rings. The van der Waals surface area contributed by atoms with Gasteiger partial charge in [-0.1, -0.05) is 116 Å². The lowest BCUT2D eigenvalue weighted by Crippen LogP contribution is -2.60. The first-order valence-corrected chi connectivity index (χ1v) is 43.9. The van der Waals surface area contributed by atoms with Gasteiger partial charge in [0.2, 0.25) is 94.5 Å². The summed E-state index contributed by atoms with van der Waals surface area (Å²) < 4.78 is 0. The number of fused-ring (bicyclic) bond motifs is 2. The van der Waals surface area contributed by atoms with Crippen LogP contribution in [0.15, 0.2) is 73.3 Å². The molecule has 0 spiro atoms. The van der Waals surface area contributed by atoms with E-state index in [0.29, 0.717) is 53.4 Å². The molecule has 2 aliphatic heterocycles. The van der Waals surface area contributed by atoms with E-state index in [9.17, 15) is 72.2 Å². The van der Waals surface area contributed by atoms with E-state index in [1.54, 1.807) is 88.5 Å². The number of aliphatic hydroxyl groups excluding tert-OH is 1. The summed E-state index contributed by atoms with van der Waals surface area (Å²) in [6.07, 6.45) is 4.51. The SMILES string of the molecule is CCCC[C@H]1C(=O)N(C)[C@@H](CCCC)C(=O)N[C@@H](CCCNC(=N)N)C(=O)N[C@H](C(=O)NCC(N)=O)CSCC(=O)N[C@@H](Cc2ccccc2)C(=O)N(C)[C@@H](C)C(=O)N[C@@H](CC(N)=O)C(=O)N2CCC[C@H]2C(=O)N[C@@H](Cc2cnc[nH]2)C(=O)N[C@@H](CC(C)C)C(=O)N(C)CC(=O)C[C@@H](Cc2c[nH]c3ccccc23)C(=O)N[C@@H](CO)C(=O)N[C@@H](CC(C)C)C(=O)N1C. The lowest BCUT2D eigenvalue weighted by molar-refractivity contribution is -0.149. The summed E-state index contributed by atoms with van der Waals surface area (Å²) in [5.41, 5.74) is 18.9. The zero-order valence-electron chi connectivity index (χ0n) is 73.8. The number of aromatic nitrogens is 3. The number of likely N-dealkylation sites (N-methyl/N-ethyl adjacent to an activating group) is 4. The summed E-state index contributed by atoms with van der Waals surface area (Å²) in [6.45, 7) is 9.74. The smallest absolute Gasteiger partial charge is 0.246 e. The molecule has 2 fully saturated rings. The predicted octanol–water partition coefficient (Wildman–Crippen LogP) is -1.73. The number of nitrogens with zero attached hydrogens (tertiary/aromatic N) is 6. The van der Waals surface area contributed by atoms with Crippen molar-refractivity contribution in [3.8, 4) is 0 Å². The number of aliphatic hydroxyl groups is 1. The molecular formula is C85H128N22O18S. The van der Waals surface area contributed by atoms with Gasteiger partial charge in [-0.25, -0.2) is 4.98 Å². The molecule has 6 rings (SSSR count). The van der Waals surface area contributed by atoms with E-state index in [1.165, 1.54) is 57.4 Å². The normalized spacial score (nSPS) is 24.1. The monoisotopic (exact) mass is 1780 g/mol. The van der Waals surface area contributed by atoms with Crippen molar-refractivity contribution in [3.05, 3.63) is 90.1 Å². The third kappa shape index (κ3) is 31.6. The van der Waals surface area contributed by atoms with E-state index in [0.717, 1.165) is 26.5 Å². The zero-order valence-corrected chi connectivity index (χ0v) is 74.6. The number of amides is 16. The quantitative estimate of drug-likeness (QED) is 0.0189. The zero-order chi connectivity index (χ0) is 93.2. The van der Waals surface area contributed by atoms with Crippen molar-refractivity contribution in [2.75, 3.05) is 72.5 Å². The molecule has 40 nitrogen and oxygen atoms in total. The molecular weight excluding hydrogens is 1650 g/mol. The maximum Gasteiger partial charge on any atom is 0.246 e. The molecule has 2 aromatic heterocycles. The lowest BCUT2D eigenvalue weighted by Gasteiger charge is -2.36. The van der Waals surface area contributed by atoms with Gasteiger partial charge in [0.15, 0.2) is 11.7 Å². The van der Waals surface area contributed by atoms with E-state index in [4.69, 9.17) is 22.6 Å². The van der Waals surface area contributed by atoms with Crippen molar-refractivity contribution in [1.82, 2.24) is 92.6 Å². The highest BCUT2D eigenvalue weighted by Crippen LogP contribution is 2.26. The highest BCUT2D eigenvalue weighted by Gasteiger charge is 2.44. The van der Waals surface area contributed by atoms with Crippen LogP contribution in [-0.4, -0.2) is 296 Å². The van der Waals surface area contributed by atoms with Gasteiger partial charge in [0, 0.05) is 101 Å². The number of hydrogen-bond acceptors (Lipinski definition) is 21. The number of rotatable bonds is 26. The molecule has 0 unspecified atom stereocenters. The summed E-state index contributed by atoms with van der Waals surface area (Å²) in [5.74, 6) is -17.9. The number of imidazole rings is 1. The number of H-pyrrole nitrogens is 2. The molecule has 0 radical (unpaired) electrons. The number of nitrogens with one attached hydrogen (secondary N) is 13. The molecule has 0 saturated carbocycles. The maximum absolute atomic E-state index is 15.3. The fourth-order valence-corrected chi connectivity index (χ4v) is 15.9. The van der Waals surface area contributed by atoms with Gasteiger partial charge in [-0.05, 0) is 93.7 Å². The number of nitrogens with two attached hydrogens (primary N) is 3. The number of carbonyl (C=O) groups is 17. The number of unbranched alkanes of at least 4 members (excludes halogenated alkanes) is 2. The molecule has 0 aliphatic carbocycles. The van der Waals surface area contributed by atoms with Crippen molar-refractivity contribution in [3.63, 3.8) is 0 Å². The number of hydrogen-bond donors (Lipinski definition) is 17. The minimum absolute atomic E-state index is 0.00460. The molecule has 16 amide bonds. The Labute approximate surface area is 737 Å². The van der Waals surface area contributed by atoms with Gasteiger partial charge in [0.05, 0.1) is 38.2 Å². The first-order valence-electron chi connectivity index (χ1n) is 42.7. The number of carbonyl (C=O) groups excluding carboxylic acids is 17. The third-order valence-corrected chi connectivity index (χ3v) is 23.1. The van der Waals surface area contributed by atoms with E-state index in [1.807, 2.05) is 13.8 Å². The topological polar surface area (TPSA) is 593 Å². The van der Waals surface area contributed by atoms with Crippen molar-refractivity contribution < 1.29 is 86.6 Å². The minimum atomic E-state index is -1.75. The first kappa shape index (κ1) is 103. The Bertz CT molecular complexity index is 4440. The maximum atomic E-state index is 15.3. The van der Waals surface area contributed by atoms with Crippen LogP contribution in [0.5, 0.6) is 0 Å². The van der Waals surface area contributed by atoms with Crippen LogP contribution in [0.3, 0.4) is 0 Å². The van der Waals surface area contributed by atoms with Gasteiger partial charge in [0.25, 0.3) is 0 Å². The lowest BCUT2D eigenvalue weighted by atomic mass is 9.92. The molecule has 692 valence electrons. The Morgan fingerprint density at radius 1 is 0.587 bits per heavy atom. The number of thioether (sulfide) groups is 1. The number of benzene rings is 2. The van der Waals surface area contributed by atoms with Crippen LogP contribution in [0.25, 0.3) is 10.9 Å². The summed E-state index contributed by atoms with van der Waals surface area (Å²) in [6, 6.07) is -2.02. The Balaban J connectivity index is 1.43. The number of Topliss-reactive ketones (excluding diaryl/α,β-unsaturated/α-hetero) is 1. The highest BCUT2D eigenvalue weighted by molar-refractivity contribution is 8.00. The van der Waals surface area contributed by atoms with Crippen molar-refractivity contribution >= 4 is 129 Å². The second-order valence-corrected chi connectivity index (χ2v) is 34.1. The Morgan fingerprint density at radius 3 is 1.79 bits per heavy atom. The largest absolute Gasteiger partial charge is 0.394 e. The van der Waals surface area contributed by atoms with Crippen LogP contribution in [0, 0.1) is 23.2 Å². The average molecular weight is 1780 g/mol. The molecule has 4 heterocycles.